The Morgan fingerprint density at radius 3 is 2.53 bits per heavy atom. The normalized spacial score (nSPS) is 14.8. The number of aryl methyl sites for hydroxylation is 1. The second-order valence-electron chi connectivity index (χ2n) is 7.64. The standard InChI is InChI=1S/C24H28FN3O2/c1-29-24-8-3-2-7-23(24)28-16-14-27(15-17-28)13-5-4-6-21-18-22(26-30-21)19-9-11-20(25)12-10-19/h2-3,7-12,18H,4-6,13-17H2,1H3. The van der Waals surface area contributed by atoms with Crippen LogP contribution in [0.2, 0.25) is 0 Å². The second kappa shape index (κ2) is 9.76. The Balaban J connectivity index is 1.19. The molecule has 30 heavy (non-hydrogen) atoms. The van der Waals surface area contributed by atoms with Crippen molar-refractivity contribution in [3.05, 3.63) is 66.2 Å². The SMILES string of the molecule is COc1ccccc1N1CCN(CCCCc2cc(-c3ccc(F)cc3)no2)CC1. The number of hydrogen-bond acceptors (Lipinski definition) is 5. The number of unbranched alkanes of at least 4 members (excludes halogenated alkanes) is 1. The summed E-state index contributed by atoms with van der Waals surface area (Å²) >= 11 is 0. The van der Waals surface area contributed by atoms with E-state index in [4.69, 9.17) is 9.26 Å². The molecule has 1 fully saturated rings. The van der Waals surface area contributed by atoms with Gasteiger partial charge in [-0.3, -0.25) is 4.90 Å². The van der Waals surface area contributed by atoms with Gasteiger partial charge in [0.2, 0.25) is 0 Å². The fourth-order valence-electron chi connectivity index (χ4n) is 3.93. The minimum Gasteiger partial charge on any atom is -0.495 e. The van der Waals surface area contributed by atoms with E-state index in [9.17, 15) is 4.39 Å². The van der Waals surface area contributed by atoms with Crippen LogP contribution in [0.15, 0.2) is 59.1 Å². The highest BCUT2D eigenvalue weighted by molar-refractivity contribution is 5.59. The van der Waals surface area contributed by atoms with Crippen molar-refractivity contribution < 1.29 is 13.7 Å². The van der Waals surface area contributed by atoms with E-state index in [2.05, 4.69) is 27.1 Å². The minimum atomic E-state index is -0.244. The summed E-state index contributed by atoms with van der Waals surface area (Å²) in [7, 11) is 1.73. The van der Waals surface area contributed by atoms with Crippen LogP contribution in [0.25, 0.3) is 11.3 Å². The Hall–Kier alpha value is -2.86. The van der Waals surface area contributed by atoms with Gasteiger partial charge in [0.1, 0.15) is 23.0 Å². The van der Waals surface area contributed by atoms with Crippen molar-refractivity contribution in [3.8, 4) is 17.0 Å². The molecular formula is C24H28FN3O2. The summed E-state index contributed by atoms with van der Waals surface area (Å²) in [5, 5.41) is 4.11. The van der Waals surface area contributed by atoms with Gasteiger partial charge in [-0.05, 0) is 55.8 Å². The lowest BCUT2D eigenvalue weighted by Gasteiger charge is -2.36. The maximum absolute atomic E-state index is 13.1. The first-order chi connectivity index (χ1) is 14.7. The third-order valence-corrected chi connectivity index (χ3v) is 5.64. The van der Waals surface area contributed by atoms with E-state index in [-0.39, 0.29) is 5.82 Å². The Labute approximate surface area is 177 Å². The van der Waals surface area contributed by atoms with E-state index in [1.54, 1.807) is 19.2 Å². The largest absolute Gasteiger partial charge is 0.495 e. The molecule has 158 valence electrons. The number of anilines is 1. The molecule has 0 unspecified atom stereocenters. The lowest BCUT2D eigenvalue weighted by Crippen LogP contribution is -2.46. The van der Waals surface area contributed by atoms with Gasteiger partial charge in [-0.15, -0.1) is 0 Å². The molecule has 0 amide bonds. The Kier molecular flexibility index (Phi) is 6.64. The number of halogens is 1. The van der Waals surface area contributed by atoms with Crippen LogP contribution in [0.3, 0.4) is 0 Å². The van der Waals surface area contributed by atoms with Crippen molar-refractivity contribution in [2.24, 2.45) is 0 Å². The number of ether oxygens (including phenoxy) is 1. The quantitative estimate of drug-likeness (QED) is 0.507. The van der Waals surface area contributed by atoms with Gasteiger partial charge >= 0.3 is 0 Å². The van der Waals surface area contributed by atoms with Crippen LogP contribution in [0.5, 0.6) is 5.75 Å². The lowest BCUT2D eigenvalue weighted by molar-refractivity contribution is 0.251. The molecule has 1 aliphatic heterocycles. The zero-order valence-corrected chi connectivity index (χ0v) is 17.4. The maximum Gasteiger partial charge on any atom is 0.142 e. The Morgan fingerprint density at radius 2 is 1.77 bits per heavy atom. The van der Waals surface area contributed by atoms with Gasteiger partial charge in [-0.25, -0.2) is 4.39 Å². The third-order valence-electron chi connectivity index (χ3n) is 5.64. The van der Waals surface area contributed by atoms with Gasteiger partial charge in [0.15, 0.2) is 0 Å². The van der Waals surface area contributed by atoms with Gasteiger partial charge in [-0.2, -0.15) is 0 Å². The molecule has 3 aromatic rings. The highest BCUT2D eigenvalue weighted by Crippen LogP contribution is 2.28. The van der Waals surface area contributed by atoms with Gasteiger partial charge < -0.3 is 14.2 Å². The van der Waals surface area contributed by atoms with Crippen molar-refractivity contribution in [1.29, 1.82) is 0 Å². The average Bonchev–Trinajstić information content (AvgIpc) is 3.26. The molecule has 0 N–H and O–H groups in total. The first-order valence-electron chi connectivity index (χ1n) is 10.5. The molecule has 1 aliphatic rings. The summed E-state index contributed by atoms with van der Waals surface area (Å²) < 4.78 is 24.0. The Bertz CT molecular complexity index is 934. The van der Waals surface area contributed by atoms with Gasteiger partial charge in [0.25, 0.3) is 0 Å². The first kappa shape index (κ1) is 20.4. The molecule has 0 aliphatic carbocycles. The van der Waals surface area contributed by atoms with Gasteiger partial charge in [-0.1, -0.05) is 17.3 Å². The number of methoxy groups -OCH3 is 1. The number of piperazine rings is 1. The number of para-hydroxylation sites is 2. The summed E-state index contributed by atoms with van der Waals surface area (Å²) in [6, 6.07) is 16.5. The summed E-state index contributed by atoms with van der Waals surface area (Å²) in [6.07, 6.45) is 3.06. The zero-order valence-electron chi connectivity index (χ0n) is 17.4. The molecule has 6 heteroatoms. The molecule has 1 aromatic heterocycles. The molecule has 0 saturated carbocycles. The monoisotopic (exact) mass is 409 g/mol. The van der Waals surface area contributed by atoms with Crippen molar-refractivity contribution >= 4 is 5.69 Å². The molecule has 1 saturated heterocycles. The minimum absolute atomic E-state index is 0.244. The van der Waals surface area contributed by atoms with E-state index in [0.29, 0.717) is 0 Å². The molecule has 0 radical (unpaired) electrons. The number of nitrogens with zero attached hydrogens (tertiary/aromatic N) is 3. The van der Waals surface area contributed by atoms with Crippen molar-refractivity contribution in [1.82, 2.24) is 10.1 Å². The molecule has 5 nitrogen and oxygen atoms in total. The van der Waals surface area contributed by atoms with Crippen LogP contribution in [0.1, 0.15) is 18.6 Å². The second-order valence-corrected chi connectivity index (χ2v) is 7.64. The van der Waals surface area contributed by atoms with E-state index >= 15 is 0 Å². The zero-order chi connectivity index (χ0) is 20.8. The van der Waals surface area contributed by atoms with Crippen LogP contribution in [-0.2, 0) is 6.42 Å². The number of benzene rings is 2. The predicted molar refractivity (Wildman–Crippen MR) is 116 cm³/mol. The number of hydrogen-bond donors (Lipinski definition) is 0. The fourth-order valence-corrected chi connectivity index (χ4v) is 3.93. The van der Waals surface area contributed by atoms with Gasteiger partial charge in [0, 0.05) is 44.2 Å². The summed E-state index contributed by atoms with van der Waals surface area (Å²) in [5.74, 6) is 1.58. The molecular weight excluding hydrogens is 381 g/mol. The smallest absolute Gasteiger partial charge is 0.142 e. The highest BCUT2D eigenvalue weighted by atomic mass is 19.1. The topological polar surface area (TPSA) is 41.7 Å². The number of rotatable bonds is 8. The number of aromatic nitrogens is 1. The van der Waals surface area contributed by atoms with Crippen LogP contribution >= 0.6 is 0 Å². The molecule has 4 rings (SSSR count). The van der Waals surface area contributed by atoms with Crippen molar-refractivity contribution in [2.45, 2.75) is 19.3 Å². The van der Waals surface area contributed by atoms with Gasteiger partial charge in [0.05, 0.1) is 12.8 Å². The average molecular weight is 410 g/mol. The lowest BCUT2D eigenvalue weighted by atomic mass is 10.1. The summed E-state index contributed by atoms with van der Waals surface area (Å²) in [5.41, 5.74) is 2.82. The van der Waals surface area contributed by atoms with E-state index in [1.165, 1.54) is 17.8 Å². The highest BCUT2D eigenvalue weighted by Gasteiger charge is 2.19. The Morgan fingerprint density at radius 1 is 1.00 bits per heavy atom. The molecule has 2 heterocycles. The summed E-state index contributed by atoms with van der Waals surface area (Å²) in [4.78, 5) is 4.93. The predicted octanol–water partition coefficient (Wildman–Crippen LogP) is 4.63. The van der Waals surface area contributed by atoms with E-state index in [1.807, 2.05) is 18.2 Å². The van der Waals surface area contributed by atoms with E-state index in [0.717, 1.165) is 74.8 Å². The van der Waals surface area contributed by atoms with Crippen LogP contribution < -0.4 is 9.64 Å². The fraction of sp³-hybridized carbons (Fsp3) is 0.375. The van der Waals surface area contributed by atoms with Crippen molar-refractivity contribution in [3.63, 3.8) is 0 Å². The molecule has 2 aromatic carbocycles. The summed E-state index contributed by atoms with van der Waals surface area (Å²) in [6.45, 7) is 5.26. The third kappa shape index (κ3) is 5.00. The van der Waals surface area contributed by atoms with E-state index < -0.39 is 0 Å². The van der Waals surface area contributed by atoms with Crippen LogP contribution in [0, 0.1) is 5.82 Å². The van der Waals surface area contributed by atoms with Crippen LogP contribution in [0.4, 0.5) is 10.1 Å². The maximum atomic E-state index is 13.1. The van der Waals surface area contributed by atoms with Crippen molar-refractivity contribution in [2.75, 3.05) is 44.7 Å². The molecule has 0 spiro atoms. The first-order valence-corrected chi connectivity index (χ1v) is 10.5. The van der Waals surface area contributed by atoms with Crippen LogP contribution in [-0.4, -0.2) is 49.9 Å². The molecule has 0 bridgehead atoms. The molecule has 0 atom stereocenters.